The van der Waals surface area contributed by atoms with Gasteiger partial charge in [0, 0.05) is 66.8 Å². The molecule has 1 amide bonds. The maximum absolute atomic E-state index is 17.3. The molecule has 5 aliphatic heterocycles. The summed E-state index contributed by atoms with van der Waals surface area (Å²) < 4.78 is 59.0. The lowest BCUT2D eigenvalue weighted by molar-refractivity contribution is -0.146. The van der Waals surface area contributed by atoms with Gasteiger partial charge in [0.05, 0.1) is 34.0 Å². The number of thiophene rings is 1. The number of carbonyl (C=O) groups is 1. The lowest BCUT2D eigenvalue weighted by atomic mass is 9.75. The fraction of sp³-hybridized carbons (Fsp3) is 0.538. The van der Waals surface area contributed by atoms with Crippen LogP contribution in [0.2, 0.25) is 5.02 Å². The Morgan fingerprint density at radius 1 is 1.13 bits per heavy atom. The number of nitrogens with zero attached hydrogens (tertiary/aromatic N) is 6. The van der Waals surface area contributed by atoms with Gasteiger partial charge in [-0.3, -0.25) is 9.69 Å². The average molecular weight is 778 g/mol. The Labute approximate surface area is 318 Å². The molecule has 6 fully saturated rings. The summed E-state index contributed by atoms with van der Waals surface area (Å²) in [4.78, 5) is 29.3. The van der Waals surface area contributed by atoms with E-state index in [1.807, 2.05) is 4.90 Å². The van der Waals surface area contributed by atoms with Crippen molar-refractivity contribution >= 4 is 60.7 Å². The Kier molecular flexibility index (Phi) is 8.04. The Balaban J connectivity index is 1.05. The molecule has 0 radical (unpaired) electrons. The summed E-state index contributed by atoms with van der Waals surface area (Å²) in [7, 11) is 0. The molecule has 2 aromatic heterocycles. The first-order valence-corrected chi connectivity index (χ1v) is 20.0. The number of amides is 1. The molecule has 15 heteroatoms. The van der Waals surface area contributed by atoms with Crippen molar-refractivity contribution in [3.63, 3.8) is 0 Å². The van der Waals surface area contributed by atoms with E-state index < -0.39 is 23.3 Å². The van der Waals surface area contributed by atoms with Gasteiger partial charge >= 0.3 is 6.01 Å². The molecule has 1 aliphatic carbocycles. The smallest absolute Gasteiger partial charge is 0.319 e. The van der Waals surface area contributed by atoms with E-state index in [9.17, 15) is 14.4 Å². The van der Waals surface area contributed by atoms with E-state index in [2.05, 4.69) is 20.9 Å². The third kappa shape index (κ3) is 5.28. The van der Waals surface area contributed by atoms with Crippen molar-refractivity contribution in [3.05, 3.63) is 40.4 Å². The third-order valence-electron chi connectivity index (χ3n) is 13.1. The SMILES string of the molecule is N#Cc1c(N)sc2c(F)ccc(-c3c(Cl)cc4c(N5CCCCC6(CN(C(=O)C7[C@H]8COC[C@@H]78)C6)C5)nc(OCC56CCCN5C[C@H](F)C6)nc4c3F)c12. The van der Waals surface area contributed by atoms with Gasteiger partial charge in [-0.05, 0) is 61.8 Å². The second-order valence-corrected chi connectivity index (χ2v) is 17.8. The molecule has 5 atom stereocenters. The number of nitrogens with two attached hydrogens (primary N) is 1. The minimum absolute atomic E-state index is 0.0267. The van der Waals surface area contributed by atoms with Crippen LogP contribution in [0.4, 0.5) is 24.0 Å². The summed E-state index contributed by atoms with van der Waals surface area (Å²) in [5.41, 5.74) is 5.70. The monoisotopic (exact) mass is 777 g/mol. The number of aromatic nitrogens is 2. The Morgan fingerprint density at radius 2 is 1.94 bits per heavy atom. The number of fused-ring (bicyclic) bond motifs is 4. The number of ether oxygens (including phenoxy) is 2. The molecule has 7 heterocycles. The number of nitriles is 1. The van der Waals surface area contributed by atoms with Gasteiger partial charge < -0.3 is 25.0 Å². The van der Waals surface area contributed by atoms with Gasteiger partial charge in [0.25, 0.3) is 0 Å². The van der Waals surface area contributed by atoms with E-state index >= 15 is 8.78 Å². The maximum Gasteiger partial charge on any atom is 0.319 e. The van der Waals surface area contributed by atoms with Crippen LogP contribution in [-0.2, 0) is 9.53 Å². The molecule has 1 saturated carbocycles. The molecule has 10 nitrogen and oxygen atoms in total. The topological polar surface area (TPSA) is 121 Å². The summed E-state index contributed by atoms with van der Waals surface area (Å²) in [6.07, 6.45) is 3.92. The molecule has 54 heavy (non-hydrogen) atoms. The van der Waals surface area contributed by atoms with Gasteiger partial charge in [0.2, 0.25) is 5.91 Å². The minimum atomic E-state index is -0.948. The van der Waals surface area contributed by atoms with Crippen LogP contribution in [0.5, 0.6) is 6.01 Å². The normalized spacial score (nSPS) is 28.6. The van der Waals surface area contributed by atoms with Gasteiger partial charge in [0.1, 0.15) is 41.0 Å². The molecule has 6 aliphatic rings. The number of nitrogen functional groups attached to an aromatic ring is 1. The summed E-state index contributed by atoms with van der Waals surface area (Å²) in [6.45, 7) is 5.19. The van der Waals surface area contributed by atoms with Crippen LogP contribution < -0.4 is 15.4 Å². The zero-order valence-corrected chi connectivity index (χ0v) is 31.1. The number of hydrogen-bond acceptors (Lipinski definition) is 10. The van der Waals surface area contributed by atoms with Gasteiger partial charge in [-0.2, -0.15) is 15.2 Å². The molecule has 282 valence electrons. The third-order valence-corrected chi connectivity index (χ3v) is 14.4. The second kappa shape index (κ2) is 12.6. The van der Waals surface area contributed by atoms with E-state index in [0.717, 1.165) is 50.0 Å². The van der Waals surface area contributed by atoms with Crippen LogP contribution in [0, 0.1) is 46.1 Å². The van der Waals surface area contributed by atoms with Gasteiger partial charge in [-0.25, -0.2) is 13.2 Å². The molecule has 2 unspecified atom stereocenters. The second-order valence-electron chi connectivity index (χ2n) is 16.4. The highest BCUT2D eigenvalue weighted by molar-refractivity contribution is 7.23. The standard InChI is InChI=1S/C39H39ClF3N7O3S/c40-26-10-22-32(31(43)30(26)21-4-5-27(42)33-28(21)23(12-44)34(45)54-33)46-37(53-19-39-7-3-9-50(39)13-20(41)11-39)47-35(22)48-8-2-1-6-38(16-48)17-49(18-38)36(51)29-24-14-52-15-25(24)29/h4-5,10,20,24-25,29H,1-3,6-9,11,13-19,45H2/t20-,24-,25+,29?,39?/m1/s1. The van der Waals surface area contributed by atoms with Crippen molar-refractivity contribution in [2.24, 2.45) is 23.2 Å². The van der Waals surface area contributed by atoms with Crippen LogP contribution in [0.3, 0.4) is 0 Å². The van der Waals surface area contributed by atoms with Crippen molar-refractivity contribution < 1.29 is 27.4 Å². The first-order valence-electron chi connectivity index (χ1n) is 18.8. The van der Waals surface area contributed by atoms with Crippen LogP contribution in [-0.4, -0.2) is 96.5 Å². The predicted molar refractivity (Wildman–Crippen MR) is 199 cm³/mol. The van der Waals surface area contributed by atoms with E-state index in [0.29, 0.717) is 75.4 Å². The van der Waals surface area contributed by atoms with Crippen LogP contribution in [0.15, 0.2) is 18.2 Å². The van der Waals surface area contributed by atoms with Crippen LogP contribution >= 0.6 is 22.9 Å². The Morgan fingerprint density at radius 3 is 2.74 bits per heavy atom. The van der Waals surface area contributed by atoms with Crippen molar-refractivity contribution in [2.75, 3.05) is 69.7 Å². The minimum Gasteiger partial charge on any atom is -0.461 e. The summed E-state index contributed by atoms with van der Waals surface area (Å²) in [5, 5.41) is 10.7. The van der Waals surface area contributed by atoms with Gasteiger partial charge in [-0.1, -0.05) is 24.1 Å². The molecular formula is C39H39ClF3N7O3S. The number of halogens is 4. The van der Waals surface area contributed by atoms with E-state index in [-0.39, 0.29) is 72.2 Å². The van der Waals surface area contributed by atoms with E-state index in [1.165, 1.54) is 12.1 Å². The van der Waals surface area contributed by atoms with Crippen molar-refractivity contribution in [3.8, 4) is 23.2 Å². The van der Waals surface area contributed by atoms with E-state index in [1.54, 1.807) is 6.07 Å². The van der Waals surface area contributed by atoms with Crippen LogP contribution in [0.1, 0.15) is 44.1 Å². The number of benzene rings is 2. The predicted octanol–water partition coefficient (Wildman–Crippen LogP) is 6.56. The number of carbonyl (C=O) groups excluding carboxylic acids is 1. The summed E-state index contributed by atoms with van der Waals surface area (Å²) in [6, 6.07) is 6.28. The van der Waals surface area contributed by atoms with Crippen molar-refractivity contribution in [2.45, 2.75) is 50.2 Å². The Hall–Kier alpha value is -3.90. The average Bonchev–Trinajstić information content (AvgIpc) is 3.44. The maximum atomic E-state index is 17.3. The molecule has 1 spiro atoms. The zero-order chi connectivity index (χ0) is 37.1. The van der Waals surface area contributed by atoms with E-state index in [4.69, 9.17) is 31.8 Å². The Bertz CT molecular complexity index is 2270. The quantitative estimate of drug-likeness (QED) is 0.232. The summed E-state index contributed by atoms with van der Waals surface area (Å²) >= 11 is 7.90. The largest absolute Gasteiger partial charge is 0.461 e. The van der Waals surface area contributed by atoms with Crippen LogP contribution in [0.25, 0.3) is 32.1 Å². The molecule has 0 bridgehead atoms. The number of rotatable bonds is 6. The highest BCUT2D eigenvalue weighted by atomic mass is 35.5. The highest BCUT2D eigenvalue weighted by Gasteiger charge is 2.61. The van der Waals surface area contributed by atoms with Crippen molar-refractivity contribution in [1.29, 1.82) is 5.26 Å². The highest BCUT2D eigenvalue weighted by Crippen LogP contribution is 2.54. The van der Waals surface area contributed by atoms with Gasteiger partial charge in [0.15, 0.2) is 5.82 Å². The molecule has 2 N–H and O–H groups in total. The number of anilines is 2. The fourth-order valence-corrected chi connectivity index (χ4v) is 11.7. The fourth-order valence-electron chi connectivity index (χ4n) is 10.4. The number of likely N-dealkylation sites (tertiary alicyclic amines) is 1. The first kappa shape index (κ1) is 34.6. The molecule has 2 aromatic carbocycles. The van der Waals surface area contributed by atoms with Gasteiger partial charge in [-0.15, -0.1) is 11.3 Å². The summed E-state index contributed by atoms with van der Waals surface area (Å²) in [5.74, 6) is 0.127. The number of hydrogen-bond donors (Lipinski definition) is 1. The first-order chi connectivity index (χ1) is 26.1. The van der Waals surface area contributed by atoms with Crippen molar-refractivity contribution in [1.82, 2.24) is 19.8 Å². The molecular weight excluding hydrogens is 739 g/mol. The lowest BCUT2D eigenvalue weighted by Crippen LogP contribution is -2.62. The molecule has 10 rings (SSSR count). The molecule has 4 aromatic rings. The zero-order valence-electron chi connectivity index (χ0n) is 29.6. The lowest BCUT2D eigenvalue weighted by Gasteiger charge is -2.51. The number of alkyl halides is 1. The molecule has 5 saturated heterocycles.